The third kappa shape index (κ3) is 5.30. The van der Waals surface area contributed by atoms with Crippen LogP contribution >= 0.6 is 0 Å². The highest BCUT2D eigenvalue weighted by atomic mass is 16.2. The van der Waals surface area contributed by atoms with Gasteiger partial charge in [-0.05, 0) is 43.9 Å². The minimum Gasteiger partial charge on any atom is -0.331 e. The van der Waals surface area contributed by atoms with Crippen molar-refractivity contribution in [2.75, 3.05) is 11.9 Å². The largest absolute Gasteiger partial charge is 0.331 e. The summed E-state index contributed by atoms with van der Waals surface area (Å²) in [7, 11) is 0. The highest BCUT2D eigenvalue weighted by Gasteiger charge is 2.25. The summed E-state index contributed by atoms with van der Waals surface area (Å²) in [6, 6.07) is 7.50. The van der Waals surface area contributed by atoms with Crippen LogP contribution in [0.15, 0.2) is 24.3 Å². The van der Waals surface area contributed by atoms with E-state index < -0.39 is 0 Å². The average Bonchev–Trinajstić information content (AvgIpc) is 2.27. The number of amides is 2. The van der Waals surface area contributed by atoms with Crippen LogP contribution in [0.2, 0.25) is 0 Å². The minimum absolute atomic E-state index is 0.209. The summed E-state index contributed by atoms with van der Waals surface area (Å²) in [6.07, 6.45) is 0.852. The fourth-order valence-electron chi connectivity index (χ4n) is 2.25. The molecule has 0 heterocycles. The van der Waals surface area contributed by atoms with Crippen molar-refractivity contribution in [3.8, 4) is 0 Å². The molecule has 1 rings (SSSR count). The highest BCUT2D eigenvalue weighted by molar-refractivity contribution is 5.89. The normalized spacial score (nSPS) is 14.0. The summed E-state index contributed by atoms with van der Waals surface area (Å²) in [4.78, 5) is 12.0. The van der Waals surface area contributed by atoms with Crippen LogP contribution in [0.3, 0.4) is 0 Å². The molecule has 0 fully saturated rings. The Kier molecular flexibility index (Phi) is 5.36. The van der Waals surface area contributed by atoms with Gasteiger partial charge in [0.1, 0.15) is 0 Å². The van der Waals surface area contributed by atoms with Gasteiger partial charge in [0.15, 0.2) is 0 Å². The van der Waals surface area contributed by atoms with E-state index in [2.05, 4.69) is 24.5 Å². The molecule has 0 aliphatic rings. The second kappa shape index (κ2) is 6.57. The van der Waals surface area contributed by atoms with Crippen molar-refractivity contribution >= 4 is 11.7 Å². The van der Waals surface area contributed by atoms with Crippen LogP contribution in [0.25, 0.3) is 0 Å². The lowest BCUT2D eigenvalue weighted by Gasteiger charge is -2.31. The highest BCUT2D eigenvalue weighted by Crippen LogP contribution is 2.16. The number of carbonyl (C=O) groups is 1. The van der Waals surface area contributed by atoms with Gasteiger partial charge in [0.05, 0.1) is 5.54 Å². The maximum atomic E-state index is 12.0. The lowest BCUT2D eigenvalue weighted by atomic mass is 9.91. The van der Waals surface area contributed by atoms with Crippen molar-refractivity contribution in [2.24, 2.45) is 11.7 Å². The number of hydrogen-bond donors (Lipinski definition) is 3. The van der Waals surface area contributed by atoms with Crippen LogP contribution < -0.4 is 16.4 Å². The van der Waals surface area contributed by atoms with Crippen molar-refractivity contribution in [2.45, 2.75) is 39.7 Å². The van der Waals surface area contributed by atoms with Crippen LogP contribution in [-0.4, -0.2) is 18.1 Å². The van der Waals surface area contributed by atoms with E-state index in [0.29, 0.717) is 12.5 Å². The lowest BCUT2D eigenvalue weighted by molar-refractivity contribution is 0.233. The molecule has 0 aromatic heterocycles. The number of nitrogens with two attached hydrogens (primary N) is 1. The van der Waals surface area contributed by atoms with E-state index in [1.807, 2.05) is 38.1 Å². The van der Waals surface area contributed by atoms with E-state index in [1.165, 1.54) is 0 Å². The molecule has 1 atom stereocenters. The molecule has 0 aliphatic carbocycles. The molecule has 19 heavy (non-hydrogen) atoms. The van der Waals surface area contributed by atoms with Crippen molar-refractivity contribution < 1.29 is 4.79 Å². The van der Waals surface area contributed by atoms with E-state index in [9.17, 15) is 4.79 Å². The van der Waals surface area contributed by atoms with E-state index >= 15 is 0 Å². The number of benzene rings is 1. The quantitative estimate of drug-likeness (QED) is 0.764. The van der Waals surface area contributed by atoms with E-state index in [1.54, 1.807) is 0 Å². The zero-order chi connectivity index (χ0) is 14.5. The number of carbonyl (C=O) groups excluding carboxylic acids is 1. The molecule has 0 aliphatic heterocycles. The first kappa shape index (κ1) is 15.5. The minimum atomic E-state index is -0.373. The molecular weight excluding hydrogens is 238 g/mol. The van der Waals surface area contributed by atoms with Crippen LogP contribution in [0.5, 0.6) is 0 Å². The van der Waals surface area contributed by atoms with Crippen molar-refractivity contribution in [3.63, 3.8) is 0 Å². The van der Waals surface area contributed by atoms with Crippen molar-refractivity contribution in [1.82, 2.24) is 5.32 Å². The molecule has 0 saturated carbocycles. The van der Waals surface area contributed by atoms with Gasteiger partial charge in [0.2, 0.25) is 0 Å². The molecule has 0 saturated heterocycles. The van der Waals surface area contributed by atoms with Crippen molar-refractivity contribution in [3.05, 3.63) is 29.8 Å². The molecule has 0 radical (unpaired) electrons. The van der Waals surface area contributed by atoms with Gasteiger partial charge in [-0.1, -0.05) is 26.0 Å². The summed E-state index contributed by atoms with van der Waals surface area (Å²) in [5.41, 5.74) is 7.31. The van der Waals surface area contributed by atoms with Crippen LogP contribution in [0.1, 0.15) is 32.8 Å². The molecular formula is C15H25N3O. The molecule has 0 spiro atoms. The zero-order valence-electron chi connectivity index (χ0n) is 12.3. The number of rotatable bonds is 5. The summed E-state index contributed by atoms with van der Waals surface area (Å²) in [6.45, 7) is 8.63. The molecule has 1 aromatic rings. The standard InChI is InChI=1S/C15H25N3O/c1-11(2)9-15(4,10-16)18-14(19)17-13-7-5-6-12(3)8-13/h5-8,11H,9-10,16H2,1-4H3,(H2,17,18,19). The third-order valence-corrected chi connectivity index (χ3v) is 3.00. The third-order valence-electron chi connectivity index (χ3n) is 3.00. The Morgan fingerprint density at radius 2 is 2.11 bits per heavy atom. The lowest BCUT2D eigenvalue weighted by Crippen LogP contribution is -2.53. The Hall–Kier alpha value is -1.55. The topological polar surface area (TPSA) is 67.2 Å². The monoisotopic (exact) mass is 263 g/mol. The summed E-state index contributed by atoms with van der Waals surface area (Å²) >= 11 is 0. The predicted octanol–water partition coefficient (Wildman–Crippen LogP) is 2.88. The van der Waals surface area contributed by atoms with Gasteiger partial charge in [-0.3, -0.25) is 0 Å². The maximum absolute atomic E-state index is 12.0. The first-order valence-electron chi connectivity index (χ1n) is 6.70. The SMILES string of the molecule is Cc1cccc(NC(=O)NC(C)(CN)CC(C)C)c1. The Labute approximate surface area is 115 Å². The van der Waals surface area contributed by atoms with E-state index in [0.717, 1.165) is 17.7 Å². The molecule has 106 valence electrons. The molecule has 0 bridgehead atoms. The van der Waals surface area contributed by atoms with Gasteiger partial charge in [-0.25, -0.2) is 4.79 Å². The Morgan fingerprint density at radius 3 is 2.63 bits per heavy atom. The number of anilines is 1. The van der Waals surface area contributed by atoms with Gasteiger partial charge >= 0.3 is 6.03 Å². The first-order chi connectivity index (χ1) is 8.84. The Balaban J connectivity index is 2.63. The number of urea groups is 1. The van der Waals surface area contributed by atoms with Crippen LogP contribution in [-0.2, 0) is 0 Å². The van der Waals surface area contributed by atoms with Gasteiger partial charge in [-0.15, -0.1) is 0 Å². The molecule has 2 amide bonds. The second-order valence-electron chi connectivity index (χ2n) is 5.81. The van der Waals surface area contributed by atoms with Gasteiger partial charge in [0, 0.05) is 12.2 Å². The number of aryl methyl sites for hydroxylation is 1. The van der Waals surface area contributed by atoms with Gasteiger partial charge in [-0.2, -0.15) is 0 Å². The number of hydrogen-bond acceptors (Lipinski definition) is 2. The Bertz CT molecular complexity index is 431. The average molecular weight is 263 g/mol. The van der Waals surface area contributed by atoms with Crippen molar-refractivity contribution in [1.29, 1.82) is 0 Å². The molecule has 4 N–H and O–H groups in total. The summed E-state index contributed by atoms with van der Waals surface area (Å²) < 4.78 is 0. The zero-order valence-corrected chi connectivity index (χ0v) is 12.3. The van der Waals surface area contributed by atoms with Crippen LogP contribution in [0, 0.1) is 12.8 Å². The molecule has 1 unspecified atom stereocenters. The maximum Gasteiger partial charge on any atom is 0.319 e. The second-order valence-corrected chi connectivity index (χ2v) is 5.81. The fourth-order valence-corrected chi connectivity index (χ4v) is 2.25. The molecule has 4 nitrogen and oxygen atoms in total. The van der Waals surface area contributed by atoms with E-state index in [-0.39, 0.29) is 11.6 Å². The van der Waals surface area contributed by atoms with E-state index in [4.69, 9.17) is 5.73 Å². The van der Waals surface area contributed by atoms with Gasteiger partial charge in [0.25, 0.3) is 0 Å². The van der Waals surface area contributed by atoms with Gasteiger partial charge < -0.3 is 16.4 Å². The number of nitrogens with one attached hydrogen (secondary N) is 2. The summed E-state index contributed by atoms with van der Waals surface area (Å²) in [5, 5.41) is 5.81. The summed E-state index contributed by atoms with van der Waals surface area (Å²) in [5.74, 6) is 0.479. The molecule has 4 heteroatoms. The first-order valence-corrected chi connectivity index (χ1v) is 6.70. The molecule has 1 aromatic carbocycles. The Morgan fingerprint density at radius 1 is 1.42 bits per heavy atom. The predicted molar refractivity (Wildman–Crippen MR) is 80.2 cm³/mol. The fraction of sp³-hybridized carbons (Fsp3) is 0.533. The van der Waals surface area contributed by atoms with Crippen LogP contribution in [0.4, 0.5) is 10.5 Å². The smallest absolute Gasteiger partial charge is 0.319 e.